The van der Waals surface area contributed by atoms with Crippen molar-refractivity contribution in [2.24, 2.45) is 0 Å². The lowest BCUT2D eigenvalue weighted by Crippen LogP contribution is -2.30. The van der Waals surface area contributed by atoms with Crippen LogP contribution in [-0.4, -0.2) is 16.7 Å². The summed E-state index contributed by atoms with van der Waals surface area (Å²) in [5.74, 6) is 0.815. The smallest absolute Gasteiger partial charge is 0.268 e. The summed E-state index contributed by atoms with van der Waals surface area (Å²) in [4.78, 5) is 28.8. The molecule has 4 rings (SSSR count). The number of aryl methyl sites for hydroxylation is 1. The van der Waals surface area contributed by atoms with Gasteiger partial charge in [0.15, 0.2) is 0 Å². The second kappa shape index (κ2) is 7.58. The van der Waals surface area contributed by atoms with E-state index in [1.807, 2.05) is 60.8 Å². The molecule has 6 heteroatoms. The van der Waals surface area contributed by atoms with Gasteiger partial charge in [-0.25, -0.2) is 0 Å². The van der Waals surface area contributed by atoms with Gasteiger partial charge < -0.3 is 4.42 Å². The van der Waals surface area contributed by atoms with Gasteiger partial charge in [-0.1, -0.05) is 35.9 Å². The van der Waals surface area contributed by atoms with Gasteiger partial charge in [-0.3, -0.25) is 14.5 Å². The van der Waals surface area contributed by atoms with Crippen molar-refractivity contribution in [2.75, 3.05) is 0 Å². The van der Waals surface area contributed by atoms with E-state index in [1.165, 1.54) is 28.0 Å². The first-order valence-corrected chi connectivity index (χ1v) is 10.3. The van der Waals surface area contributed by atoms with Gasteiger partial charge in [0.25, 0.3) is 11.8 Å². The van der Waals surface area contributed by atoms with Crippen molar-refractivity contribution in [1.29, 1.82) is 0 Å². The Labute approximate surface area is 165 Å². The Hall–Kier alpha value is -2.57. The minimum Gasteiger partial charge on any atom is -0.468 e. The topological polar surface area (TPSA) is 50.5 Å². The number of amides is 2. The quantitative estimate of drug-likeness (QED) is 0.559. The molecule has 0 radical (unpaired) electrons. The number of imide groups is 1. The maximum absolute atomic E-state index is 13.1. The summed E-state index contributed by atoms with van der Waals surface area (Å²) in [6.45, 7) is 2.29. The fourth-order valence-electron chi connectivity index (χ4n) is 2.88. The Balaban J connectivity index is 1.63. The largest absolute Gasteiger partial charge is 0.468 e. The number of benzene rings is 1. The molecule has 1 aliphatic heterocycles. The molecule has 0 N–H and O–H groups in total. The van der Waals surface area contributed by atoms with Gasteiger partial charge in [0.05, 0.1) is 29.0 Å². The molecule has 0 atom stereocenters. The van der Waals surface area contributed by atoms with Crippen LogP contribution in [0.15, 0.2) is 69.5 Å². The molecule has 3 heterocycles. The van der Waals surface area contributed by atoms with E-state index in [1.54, 1.807) is 6.26 Å². The number of thioether (sulfide) groups is 1. The molecule has 3 aromatic rings. The molecule has 2 amide bonds. The van der Waals surface area contributed by atoms with Crippen molar-refractivity contribution in [3.8, 4) is 0 Å². The monoisotopic (exact) mass is 395 g/mol. The zero-order chi connectivity index (χ0) is 18.8. The first kappa shape index (κ1) is 17.8. The molecular weight excluding hydrogens is 378 g/mol. The van der Waals surface area contributed by atoms with Crippen LogP contribution in [0.3, 0.4) is 0 Å². The maximum atomic E-state index is 13.1. The summed E-state index contributed by atoms with van der Waals surface area (Å²) in [6, 6.07) is 15.3. The molecule has 136 valence electrons. The highest BCUT2D eigenvalue weighted by atomic mass is 32.2. The van der Waals surface area contributed by atoms with Crippen molar-refractivity contribution in [3.05, 3.63) is 86.8 Å². The molecule has 0 saturated heterocycles. The van der Waals surface area contributed by atoms with Crippen LogP contribution < -0.4 is 0 Å². The minimum atomic E-state index is -0.236. The normalized spacial score (nSPS) is 14.5. The van der Waals surface area contributed by atoms with Gasteiger partial charge in [-0.15, -0.1) is 23.1 Å². The lowest BCUT2D eigenvalue weighted by molar-refractivity contribution is -0.137. The molecule has 0 fully saturated rings. The van der Waals surface area contributed by atoms with Gasteiger partial charge >= 0.3 is 0 Å². The summed E-state index contributed by atoms with van der Waals surface area (Å²) < 4.78 is 5.36. The van der Waals surface area contributed by atoms with Crippen LogP contribution >= 0.6 is 23.1 Å². The SMILES string of the molecule is Cc1ccc(CN2C(=O)C(SCc3ccco3)=C(c3cccs3)C2=O)cc1. The lowest BCUT2D eigenvalue weighted by Gasteiger charge is -2.15. The van der Waals surface area contributed by atoms with E-state index in [2.05, 4.69) is 0 Å². The van der Waals surface area contributed by atoms with Crippen molar-refractivity contribution >= 4 is 40.5 Å². The predicted molar refractivity (Wildman–Crippen MR) is 108 cm³/mol. The Morgan fingerprint density at radius 2 is 1.85 bits per heavy atom. The highest BCUT2D eigenvalue weighted by molar-refractivity contribution is 8.03. The molecule has 0 spiro atoms. The van der Waals surface area contributed by atoms with E-state index >= 15 is 0 Å². The summed E-state index contributed by atoms with van der Waals surface area (Å²) in [7, 11) is 0. The minimum absolute atomic E-state index is 0.232. The second-order valence-electron chi connectivity index (χ2n) is 6.23. The average Bonchev–Trinajstić information content (AvgIpc) is 3.40. The van der Waals surface area contributed by atoms with Gasteiger partial charge in [-0.2, -0.15) is 0 Å². The fourth-order valence-corrected chi connectivity index (χ4v) is 4.74. The Bertz CT molecular complexity index is 987. The third-order valence-electron chi connectivity index (χ3n) is 4.29. The molecule has 0 saturated carbocycles. The number of hydrogen-bond acceptors (Lipinski definition) is 5. The highest BCUT2D eigenvalue weighted by Gasteiger charge is 2.39. The standard InChI is InChI=1S/C21H17NO3S2/c1-14-6-8-15(9-7-14)12-22-20(23)18(17-5-3-11-26-17)19(21(22)24)27-13-16-4-2-10-25-16/h2-11H,12-13H2,1H3. The highest BCUT2D eigenvalue weighted by Crippen LogP contribution is 2.39. The third-order valence-corrected chi connectivity index (χ3v) is 6.28. The summed E-state index contributed by atoms with van der Waals surface area (Å²) in [5.41, 5.74) is 2.58. The van der Waals surface area contributed by atoms with Crippen LogP contribution in [0.1, 0.15) is 21.8 Å². The first-order chi connectivity index (χ1) is 13.1. The third kappa shape index (κ3) is 3.63. The first-order valence-electron chi connectivity index (χ1n) is 8.48. The maximum Gasteiger partial charge on any atom is 0.268 e. The molecule has 1 aliphatic rings. The average molecular weight is 396 g/mol. The van der Waals surface area contributed by atoms with Crippen molar-refractivity contribution in [1.82, 2.24) is 4.90 Å². The zero-order valence-electron chi connectivity index (χ0n) is 14.7. The van der Waals surface area contributed by atoms with Crippen LogP contribution in [0.2, 0.25) is 0 Å². The number of hydrogen-bond donors (Lipinski definition) is 0. The van der Waals surface area contributed by atoms with E-state index in [-0.39, 0.29) is 18.4 Å². The van der Waals surface area contributed by atoms with Gasteiger partial charge in [0.1, 0.15) is 5.76 Å². The molecule has 1 aromatic carbocycles. The summed E-state index contributed by atoms with van der Waals surface area (Å²) >= 11 is 2.83. The molecule has 2 aromatic heterocycles. The number of rotatable bonds is 6. The van der Waals surface area contributed by atoms with Crippen LogP contribution in [-0.2, 0) is 21.9 Å². The van der Waals surface area contributed by atoms with Crippen molar-refractivity contribution < 1.29 is 14.0 Å². The number of thiophene rings is 1. The van der Waals surface area contributed by atoms with Crippen molar-refractivity contribution in [3.63, 3.8) is 0 Å². The van der Waals surface area contributed by atoms with Gasteiger partial charge in [0, 0.05) is 4.88 Å². The van der Waals surface area contributed by atoms with Crippen LogP contribution in [0, 0.1) is 6.92 Å². The van der Waals surface area contributed by atoms with Crippen LogP contribution in [0.5, 0.6) is 0 Å². The second-order valence-corrected chi connectivity index (χ2v) is 8.16. The molecule has 0 aliphatic carbocycles. The zero-order valence-corrected chi connectivity index (χ0v) is 16.3. The van der Waals surface area contributed by atoms with E-state index in [4.69, 9.17) is 4.42 Å². The number of nitrogens with zero attached hydrogens (tertiary/aromatic N) is 1. The van der Waals surface area contributed by atoms with Gasteiger partial charge in [0.2, 0.25) is 0 Å². The predicted octanol–water partition coefficient (Wildman–Crippen LogP) is 4.86. The summed E-state index contributed by atoms with van der Waals surface area (Å²) in [6.07, 6.45) is 1.61. The van der Waals surface area contributed by atoms with E-state index in [9.17, 15) is 9.59 Å². The molecular formula is C21H17NO3S2. The number of carbonyl (C=O) groups is 2. The number of carbonyl (C=O) groups excluding carboxylic acids is 2. The van der Waals surface area contributed by atoms with E-state index < -0.39 is 0 Å². The van der Waals surface area contributed by atoms with E-state index in [0.717, 1.165) is 21.8 Å². The molecule has 27 heavy (non-hydrogen) atoms. The lowest BCUT2D eigenvalue weighted by atomic mass is 10.1. The summed E-state index contributed by atoms with van der Waals surface area (Å²) in [5, 5.41) is 1.91. The molecule has 0 bridgehead atoms. The van der Waals surface area contributed by atoms with Crippen LogP contribution in [0.25, 0.3) is 5.57 Å². The fraction of sp³-hybridized carbons (Fsp3) is 0.143. The van der Waals surface area contributed by atoms with Crippen molar-refractivity contribution in [2.45, 2.75) is 19.2 Å². The molecule has 0 unspecified atom stereocenters. The Kier molecular flexibility index (Phi) is 5.01. The van der Waals surface area contributed by atoms with Crippen LogP contribution in [0.4, 0.5) is 0 Å². The Morgan fingerprint density at radius 3 is 2.52 bits per heavy atom. The Morgan fingerprint density at radius 1 is 1.04 bits per heavy atom. The van der Waals surface area contributed by atoms with Gasteiger partial charge in [-0.05, 0) is 36.1 Å². The number of furan rings is 1. The van der Waals surface area contributed by atoms with E-state index in [0.29, 0.717) is 16.2 Å². The molecule has 4 nitrogen and oxygen atoms in total.